The Hall–Kier alpha value is -2.24. The zero-order chi connectivity index (χ0) is 14.3. The van der Waals surface area contributed by atoms with Crippen LogP contribution in [0, 0.1) is 0 Å². The summed E-state index contributed by atoms with van der Waals surface area (Å²) in [7, 11) is 1.23. The summed E-state index contributed by atoms with van der Waals surface area (Å²) in [4.78, 5) is 23.0. The van der Waals surface area contributed by atoms with Crippen LogP contribution in [0.25, 0.3) is 0 Å². The van der Waals surface area contributed by atoms with E-state index in [0.717, 1.165) is 12.8 Å². The number of anilines is 1. The van der Waals surface area contributed by atoms with Crippen LogP contribution in [0.3, 0.4) is 0 Å². The van der Waals surface area contributed by atoms with Gasteiger partial charge >= 0.3 is 12.1 Å². The Morgan fingerprint density at radius 3 is 2.68 bits per heavy atom. The summed E-state index contributed by atoms with van der Waals surface area (Å²) in [5.74, 6) is -0.681. The van der Waals surface area contributed by atoms with E-state index in [2.05, 4.69) is 4.74 Å². The summed E-state index contributed by atoms with van der Waals surface area (Å²) in [6.07, 6.45) is 0.744. The van der Waals surface area contributed by atoms with Crippen molar-refractivity contribution in [3.05, 3.63) is 23.8 Å². The molecule has 0 radical (unpaired) electrons. The van der Waals surface area contributed by atoms with Crippen molar-refractivity contribution in [2.24, 2.45) is 0 Å². The highest BCUT2D eigenvalue weighted by Gasteiger charge is 2.19. The maximum atomic E-state index is 11.5. The van der Waals surface area contributed by atoms with Gasteiger partial charge in [-0.25, -0.2) is 9.59 Å². The van der Waals surface area contributed by atoms with Crippen molar-refractivity contribution < 1.29 is 23.8 Å². The van der Waals surface area contributed by atoms with Gasteiger partial charge in [0.15, 0.2) is 5.75 Å². The van der Waals surface area contributed by atoms with Gasteiger partial charge in [0, 0.05) is 0 Å². The molecule has 19 heavy (non-hydrogen) atoms. The second kappa shape index (κ2) is 7.25. The first-order chi connectivity index (χ1) is 9.10. The third kappa shape index (κ3) is 4.17. The number of hydrogen-bond acceptors (Lipinski definition) is 6. The van der Waals surface area contributed by atoms with E-state index in [4.69, 9.17) is 15.2 Å². The lowest BCUT2D eigenvalue weighted by molar-refractivity contribution is 0.0594. The number of nitrogen functional groups attached to an aromatic ring is 1. The van der Waals surface area contributed by atoms with Crippen molar-refractivity contribution in [3.8, 4) is 5.75 Å². The molecule has 0 aliphatic heterocycles. The van der Waals surface area contributed by atoms with E-state index in [1.807, 2.05) is 6.92 Å². The number of unbranched alkanes of at least 4 members (excludes halogenated alkanes) is 1. The average molecular weight is 267 g/mol. The van der Waals surface area contributed by atoms with Gasteiger partial charge in [0.25, 0.3) is 0 Å². The minimum Gasteiger partial charge on any atom is -0.465 e. The average Bonchev–Trinajstić information content (AvgIpc) is 2.40. The number of hydrogen-bond donors (Lipinski definition) is 1. The van der Waals surface area contributed by atoms with E-state index in [1.54, 1.807) is 6.07 Å². The molecule has 1 rings (SSSR count). The Labute approximate surface area is 111 Å². The Morgan fingerprint density at radius 1 is 1.32 bits per heavy atom. The monoisotopic (exact) mass is 267 g/mol. The van der Waals surface area contributed by atoms with E-state index < -0.39 is 12.1 Å². The number of para-hydroxylation sites is 1. The van der Waals surface area contributed by atoms with Crippen LogP contribution >= 0.6 is 0 Å². The van der Waals surface area contributed by atoms with Crippen molar-refractivity contribution in [2.45, 2.75) is 19.8 Å². The fourth-order valence-corrected chi connectivity index (χ4v) is 1.35. The topological polar surface area (TPSA) is 87.9 Å². The second-order valence-electron chi connectivity index (χ2n) is 3.77. The molecule has 0 bridgehead atoms. The van der Waals surface area contributed by atoms with Crippen LogP contribution in [-0.2, 0) is 9.47 Å². The summed E-state index contributed by atoms with van der Waals surface area (Å²) in [5.41, 5.74) is 5.92. The highest BCUT2D eigenvalue weighted by molar-refractivity contribution is 5.95. The molecule has 1 aromatic rings. The Bertz CT molecular complexity index is 458. The number of methoxy groups -OCH3 is 1. The fourth-order valence-electron chi connectivity index (χ4n) is 1.35. The number of esters is 1. The number of ether oxygens (including phenoxy) is 3. The molecule has 0 heterocycles. The molecule has 0 amide bonds. The number of benzene rings is 1. The Balaban J connectivity index is 2.81. The van der Waals surface area contributed by atoms with Crippen LogP contribution in [0.1, 0.15) is 30.1 Å². The third-order valence-corrected chi connectivity index (χ3v) is 2.35. The minimum atomic E-state index is -0.892. The molecule has 6 heteroatoms. The van der Waals surface area contributed by atoms with Gasteiger partial charge in [-0.2, -0.15) is 0 Å². The highest BCUT2D eigenvalue weighted by atomic mass is 16.7. The molecule has 0 aliphatic carbocycles. The van der Waals surface area contributed by atoms with Crippen molar-refractivity contribution in [1.29, 1.82) is 0 Å². The van der Waals surface area contributed by atoms with Gasteiger partial charge in [0.2, 0.25) is 0 Å². The van der Waals surface area contributed by atoms with Gasteiger partial charge in [0.1, 0.15) is 5.56 Å². The molecule has 104 valence electrons. The predicted molar refractivity (Wildman–Crippen MR) is 69.1 cm³/mol. The van der Waals surface area contributed by atoms with Crippen LogP contribution in [0.2, 0.25) is 0 Å². The number of carbonyl (C=O) groups is 2. The van der Waals surface area contributed by atoms with E-state index in [1.165, 1.54) is 19.2 Å². The molecule has 2 N–H and O–H groups in total. The third-order valence-electron chi connectivity index (χ3n) is 2.35. The lowest BCUT2D eigenvalue weighted by Gasteiger charge is -2.11. The Morgan fingerprint density at radius 2 is 2.05 bits per heavy atom. The normalized spacial score (nSPS) is 9.79. The molecule has 0 aliphatic rings. The molecule has 0 saturated heterocycles. The minimum absolute atomic E-state index is 0.0455. The van der Waals surface area contributed by atoms with E-state index >= 15 is 0 Å². The molecular formula is C13H17NO5. The SMILES string of the molecule is CCCCOC(=O)Oc1c(N)cccc1C(=O)OC. The van der Waals surface area contributed by atoms with Gasteiger partial charge in [-0.3, -0.25) is 0 Å². The molecule has 0 atom stereocenters. The molecule has 0 spiro atoms. The molecule has 0 saturated carbocycles. The first-order valence-corrected chi connectivity index (χ1v) is 5.91. The van der Waals surface area contributed by atoms with Crippen molar-refractivity contribution in [2.75, 3.05) is 19.5 Å². The van der Waals surface area contributed by atoms with Crippen molar-refractivity contribution >= 4 is 17.8 Å². The van der Waals surface area contributed by atoms with Crippen LogP contribution < -0.4 is 10.5 Å². The van der Waals surface area contributed by atoms with Gasteiger partial charge in [0.05, 0.1) is 19.4 Å². The van der Waals surface area contributed by atoms with Crippen LogP contribution in [0.5, 0.6) is 5.75 Å². The molecule has 0 unspecified atom stereocenters. The summed E-state index contributed by atoms with van der Waals surface area (Å²) < 4.78 is 14.4. The van der Waals surface area contributed by atoms with Gasteiger partial charge < -0.3 is 19.9 Å². The first-order valence-electron chi connectivity index (χ1n) is 5.91. The molecule has 0 aromatic heterocycles. The summed E-state index contributed by atoms with van der Waals surface area (Å²) in [6, 6.07) is 4.54. The van der Waals surface area contributed by atoms with Gasteiger partial charge in [-0.05, 0) is 18.6 Å². The summed E-state index contributed by atoms with van der Waals surface area (Å²) in [6.45, 7) is 2.23. The summed E-state index contributed by atoms with van der Waals surface area (Å²) in [5, 5.41) is 0. The van der Waals surface area contributed by atoms with Crippen LogP contribution in [-0.4, -0.2) is 25.8 Å². The molecular weight excluding hydrogens is 250 g/mol. The number of rotatable bonds is 5. The first kappa shape index (κ1) is 14.8. The zero-order valence-electron chi connectivity index (χ0n) is 11.0. The maximum Gasteiger partial charge on any atom is 0.513 e. The van der Waals surface area contributed by atoms with Crippen LogP contribution in [0.15, 0.2) is 18.2 Å². The summed E-state index contributed by atoms with van der Waals surface area (Å²) >= 11 is 0. The molecule has 6 nitrogen and oxygen atoms in total. The lowest BCUT2D eigenvalue weighted by Crippen LogP contribution is -2.15. The lowest BCUT2D eigenvalue weighted by atomic mass is 10.2. The van der Waals surface area contributed by atoms with Gasteiger partial charge in [-0.1, -0.05) is 19.4 Å². The number of nitrogens with two attached hydrogens (primary N) is 1. The molecule has 0 fully saturated rings. The van der Waals surface area contributed by atoms with Crippen molar-refractivity contribution in [3.63, 3.8) is 0 Å². The maximum absolute atomic E-state index is 11.5. The predicted octanol–water partition coefficient (Wildman–Crippen LogP) is 2.37. The van der Waals surface area contributed by atoms with E-state index in [9.17, 15) is 9.59 Å². The Kier molecular flexibility index (Phi) is 5.66. The second-order valence-corrected chi connectivity index (χ2v) is 3.77. The van der Waals surface area contributed by atoms with Crippen LogP contribution in [0.4, 0.5) is 10.5 Å². The fraction of sp³-hybridized carbons (Fsp3) is 0.385. The number of carbonyl (C=O) groups excluding carboxylic acids is 2. The standard InChI is InChI=1S/C13H17NO5/c1-3-4-8-18-13(16)19-11-9(12(15)17-2)6-5-7-10(11)14/h5-7H,3-4,8,14H2,1-2H3. The smallest absolute Gasteiger partial charge is 0.465 e. The zero-order valence-corrected chi connectivity index (χ0v) is 11.0. The van der Waals surface area contributed by atoms with Crippen molar-refractivity contribution in [1.82, 2.24) is 0 Å². The quantitative estimate of drug-likeness (QED) is 0.381. The van der Waals surface area contributed by atoms with E-state index in [-0.39, 0.29) is 23.6 Å². The van der Waals surface area contributed by atoms with E-state index in [0.29, 0.717) is 0 Å². The largest absolute Gasteiger partial charge is 0.513 e. The highest BCUT2D eigenvalue weighted by Crippen LogP contribution is 2.27. The van der Waals surface area contributed by atoms with Gasteiger partial charge in [-0.15, -0.1) is 0 Å². The molecule has 1 aromatic carbocycles.